The van der Waals surface area contributed by atoms with Gasteiger partial charge in [-0.3, -0.25) is 4.99 Å². The molecule has 0 radical (unpaired) electrons. The van der Waals surface area contributed by atoms with Crippen LogP contribution >= 0.6 is 24.0 Å². The van der Waals surface area contributed by atoms with E-state index in [1.54, 1.807) is 13.1 Å². The predicted octanol–water partition coefficient (Wildman–Crippen LogP) is 3.97. The normalized spacial score (nSPS) is 11.3. The molecule has 0 amide bonds. The van der Waals surface area contributed by atoms with E-state index in [1.807, 2.05) is 37.3 Å². The first-order valence-corrected chi connectivity index (χ1v) is 9.29. The maximum Gasteiger partial charge on any atom is 0.190 e. The highest BCUT2D eigenvalue weighted by Crippen LogP contribution is 2.11. The van der Waals surface area contributed by atoms with Crippen molar-refractivity contribution >= 4 is 41.0 Å². The van der Waals surface area contributed by atoms with Gasteiger partial charge in [0.05, 0.1) is 11.0 Å². The molecule has 0 saturated carbocycles. The van der Waals surface area contributed by atoms with Gasteiger partial charge >= 0.3 is 0 Å². The summed E-state index contributed by atoms with van der Waals surface area (Å²) in [5, 5.41) is 6.62. The molecule has 3 aromatic rings. The lowest BCUT2D eigenvalue weighted by molar-refractivity contribution is 0.625. The third-order valence-electron chi connectivity index (χ3n) is 4.54. The van der Waals surface area contributed by atoms with E-state index < -0.39 is 0 Å². The number of benzene rings is 2. The summed E-state index contributed by atoms with van der Waals surface area (Å²) in [5.41, 5.74) is 4.21. The third kappa shape index (κ3) is 6.19. The first-order chi connectivity index (χ1) is 13.2. The summed E-state index contributed by atoms with van der Waals surface area (Å²) in [6.07, 6.45) is 2.66. The Morgan fingerprint density at radius 3 is 2.64 bits per heavy atom. The average Bonchev–Trinajstić information content (AvgIpc) is 3.08. The minimum Gasteiger partial charge on any atom is -0.356 e. The van der Waals surface area contributed by atoms with Crippen LogP contribution in [0.4, 0.5) is 4.39 Å². The van der Waals surface area contributed by atoms with Crippen LogP contribution in [0.2, 0.25) is 0 Å². The van der Waals surface area contributed by atoms with Crippen molar-refractivity contribution in [1.29, 1.82) is 0 Å². The number of hydrogen-bond acceptors (Lipinski definition) is 2. The largest absolute Gasteiger partial charge is 0.356 e. The molecular weight excluding hydrogens is 468 g/mol. The number of hydrogen-bond donors (Lipinski definition) is 3. The quantitative estimate of drug-likeness (QED) is 0.201. The molecule has 0 fully saturated rings. The molecular formula is C21H27FIN5. The minimum absolute atomic E-state index is 0. The summed E-state index contributed by atoms with van der Waals surface area (Å²) in [6.45, 7) is 3.49. The predicted molar refractivity (Wildman–Crippen MR) is 124 cm³/mol. The number of H-pyrrole nitrogens is 1. The number of nitrogens with one attached hydrogen (secondary N) is 3. The fourth-order valence-corrected chi connectivity index (χ4v) is 3.06. The van der Waals surface area contributed by atoms with E-state index in [4.69, 9.17) is 0 Å². The molecule has 5 nitrogen and oxygen atoms in total. The van der Waals surface area contributed by atoms with Gasteiger partial charge < -0.3 is 15.6 Å². The number of aromatic nitrogens is 2. The summed E-state index contributed by atoms with van der Waals surface area (Å²) in [7, 11) is 1.76. The Hall–Kier alpha value is -2.16. The lowest BCUT2D eigenvalue weighted by atomic mass is 10.1. The zero-order valence-corrected chi connectivity index (χ0v) is 18.6. The van der Waals surface area contributed by atoms with E-state index in [2.05, 4.69) is 25.6 Å². The van der Waals surface area contributed by atoms with Gasteiger partial charge in [0.1, 0.15) is 11.6 Å². The van der Waals surface area contributed by atoms with Crippen LogP contribution in [-0.4, -0.2) is 36.1 Å². The number of aryl methyl sites for hydroxylation is 2. The van der Waals surface area contributed by atoms with Gasteiger partial charge in [-0.05, 0) is 55.2 Å². The van der Waals surface area contributed by atoms with Crippen molar-refractivity contribution < 1.29 is 4.39 Å². The molecule has 7 heteroatoms. The van der Waals surface area contributed by atoms with Crippen LogP contribution in [0.25, 0.3) is 11.0 Å². The number of imidazole rings is 1. The molecule has 0 bridgehead atoms. The maximum absolute atomic E-state index is 13.2. The zero-order valence-electron chi connectivity index (χ0n) is 16.3. The van der Waals surface area contributed by atoms with E-state index in [-0.39, 0.29) is 29.8 Å². The van der Waals surface area contributed by atoms with Crippen LogP contribution in [0, 0.1) is 12.7 Å². The lowest BCUT2D eigenvalue weighted by Crippen LogP contribution is -2.38. The second-order valence-corrected chi connectivity index (χ2v) is 6.55. The van der Waals surface area contributed by atoms with Gasteiger partial charge in [0, 0.05) is 26.6 Å². The SMILES string of the molecule is CN=C(NCCCc1nc2ccccc2[nH]1)NCCc1ccc(F)cc1C.I. The van der Waals surface area contributed by atoms with Crippen LogP contribution < -0.4 is 10.6 Å². The summed E-state index contributed by atoms with van der Waals surface area (Å²) >= 11 is 0. The van der Waals surface area contributed by atoms with E-state index in [9.17, 15) is 4.39 Å². The summed E-state index contributed by atoms with van der Waals surface area (Å²) in [5.74, 6) is 1.60. The molecule has 1 aromatic heterocycles. The monoisotopic (exact) mass is 495 g/mol. The number of halogens is 2. The first kappa shape index (κ1) is 22.1. The molecule has 2 aromatic carbocycles. The molecule has 3 rings (SSSR count). The van der Waals surface area contributed by atoms with Gasteiger partial charge in [-0.25, -0.2) is 9.37 Å². The van der Waals surface area contributed by atoms with Gasteiger partial charge in [0.25, 0.3) is 0 Å². The fourth-order valence-electron chi connectivity index (χ4n) is 3.06. The van der Waals surface area contributed by atoms with Gasteiger partial charge in [0.2, 0.25) is 0 Å². The molecule has 0 saturated heterocycles. The highest BCUT2D eigenvalue weighted by Gasteiger charge is 2.04. The Morgan fingerprint density at radius 1 is 1.11 bits per heavy atom. The highest BCUT2D eigenvalue weighted by atomic mass is 127. The van der Waals surface area contributed by atoms with Crippen LogP contribution in [-0.2, 0) is 12.8 Å². The molecule has 0 aliphatic rings. The third-order valence-corrected chi connectivity index (χ3v) is 4.54. The van der Waals surface area contributed by atoms with Crippen LogP contribution in [0.15, 0.2) is 47.5 Å². The maximum atomic E-state index is 13.2. The van der Waals surface area contributed by atoms with Crippen molar-refractivity contribution in [3.63, 3.8) is 0 Å². The summed E-state index contributed by atoms with van der Waals surface area (Å²) < 4.78 is 13.2. The molecule has 0 unspecified atom stereocenters. The number of para-hydroxylation sites is 2. The molecule has 3 N–H and O–H groups in total. The smallest absolute Gasteiger partial charge is 0.190 e. The Morgan fingerprint density at radius 2 is 1.89 bits per heavy atom. The average molecular weight is 495 g/mol. The number of rotatable bonds is 7. The molecule has 28 heavy (non-hydrogen) atoms. The van der Waals surface area contributed by atoms with Crippen LogP contribution in [0.3, 0.4) is 0 Å². The molecule has 1 heterocycles. The highest BCUT2D eigenvalue weighted by molar-refractivity contribution is 14.0. The number of nitrogens with zero attached hydrogens (tertiary/aromatic N) is 2. The van der Waals surface area contributed by atoms with Crippen molar-refractivity contribution in [3.8, 4) is 0 Å². The van der Waals surface area contributed by atoms with Crippen molar-refractivity contribution in [3.05, 3.63) is 65.2 Å². The first-order valence-electron chi connectivity index (χ1n) is 9.29. The van der Waals surface area contributed by atoms with Crippen molar-refractivity contribution in [2.45, 2.75) is 26.2 Å². The zero-order chi connectivity index (χ0) is 19.1. The van der Waals surface area contributed by atoms with Crippen molar-refractivity contribution in [1.82, 2.24) is 20.6 Å². The topological polar surface area (TPSA) is 65.1 Å². The minimum atomic E-state index is -0.189. The van der Waals surface area contributed by atoms with Gasteiger partial charge in [0.15, 0.2) is 5.96 Å². The number of aromatic amines is 1. The Kier molecular flexibility index (Phi) is 8.69. The van der Waals surface area contributed by atoms with Gasteiger partial charge in [-0.1, -0.05) is 18.2 Å². The van der Waals surface area contributed by atoms with E-state index in [0.29, 0.717) is 0 Å². The Labute approximate surface area is 182 Å². The molecule has 0 aliphatic carbocycles. The Balaban J connectivity index is 0.00000280. The summed E-state index contributed by atoms with van der Waals surface area (Å²) in [4.78, 5) is 12.2. The van der Waals surface area contributed by atoms with Crippen molar-refractivity contribution in [2.24, 2.45) is 4.99 Å². The number of guanidine groups is 1. The van der Waals surface area contributed by atoms with Crippen molar-refractivity contribution in [2.75, 3.05) is 20.1 Å². The molecule has 0 spiro atoms. The summed E-state index contributed by atoms with van der Waals surface area (Å²) in [6, 6.07) is 13.0. The van der Waals surface area contributed by atoms with Gasteiger partial charge in [-0.2, -0.15) is 0 Å². The van der Waals surface area contributed by atoms with E-state index in [0.717, 1.165) is 66.3 Å². The van der Waals surface area contributed by atoms with E-state index in [1.165, 1.54) is 6.07 Å². The molecule has 0 aliphatic heterocycles. The van der Waals surface area contributed by atoms with E-state index >= 15 is 0 Å². The fraction of sp³-hybridized carbons (Fsp3) is 0.333. The lowest BCUT2D eigenvalue weighted by Gasteiger charge is -2.12. The number of aliphatic imine (C=N–C) groups is 1. The Bertz CT molecular complexity index is 889. The number of fused-ring (bicyclic) bond motifs is 1. The molecule has 150 valence electrons. The van der Waals surface area contributed by atoms with Crippen LogP contribution in [0.5, 0.6) is 0 Å². The molecule has 0 atom stereocenters. The second-order valence-electron chi connectivity index (χ2n) is 6.55. The van der Waals surface area contributed by atoms with Gasteiger partial charge in [-0.15, -0.1) is 24.0 Å². The standard InChI is InChI=1S/C21H26FN5.HI/c1-15-14-17(22)10-9-16(15)11-13-25-21(23-2)24-12-5-8-20-26-18-6-3-4-7-19(18)27-20;/h3-4,6-7,9-10,14H,5,8,11-13H2,1-2H3,(H,26,27)(H2,23,24,25);1H. The van der Waals surface area contributed by atoms with Crippen LogP contribution in [0.1, 0.15) is 23.4 Å². The second kappa shape index (κ2) is 11.0.